The number of carbonyl (C=O) groups is 1. The molecule has 2 heterocycles. The van der Waals surface area contributed by atoms with E-state index in [4.69, 9.17) is 13.9 Å². The minimum atomic E-state index is -0.0426. The van der Waals surface area contributed by atoms with Crippen LogP contribution in [-0.4, -0.2) is 24.1 Å². The first-order valence-corrected chi connectivity index (χ1v) is 7.34. The molecule has 5 nitrogen and oxygen atoms in total. The Kier molecular flexibility index (Phi) is 4.04. The molecule has 0 spiro atoms. The highest BCUT2D eigenvalue weighted by Crippen LogP contribution is 2.36. The van der Waals surface area contributed by atoms with Crippen molar-refractivity contribution in [1.29, 1.82) is 0 Å². The second-order valence-electron chi connectivity index (χ2n) is 5.74. The molecule has 116 valence electrons. The molecular weight excluding hydrogens is 282 g/mol. The summed E-state index contributed by atoms with van der Waals surface area (Å²) in [6.45, 7) is 5.55. The maximum atomic E-state index is 12.6. The van der Waals surface area contributed by atoms with E-state index in [1.54, 1.807) is 6.07 Å². The lowest BCUT2D eigenvalue weighted by Gasteiger charge is -2.24. The van der Waals surface area contributed by atoms with Crippen LogP contribution in [0.4, 0.5) is 0 Å². The Labute approximate surface area is 129 Å². The molecule has 1 aliphatic heterocycles. The predicted octanol–water partition coefficient (Wildman–Crippen LogP) is 3.31. The normalized spacial score (nSPS) is 12.7. The van der Waals surface area contributed by atoms with Gasteiger partial charge in [-0.05, 0) is 18.1 Å². The molecule has 0 radical (unpaired) electrons. The van der Waals surface area contributed by atoms with E-state index in [2.05, 4.69) is 13.8 Å². The van der Waals surface area contributed by atoms with Crippen molar-refractivity contribution in [3.05, 3.63) is 47.9 Å². The van der Waals surface area contributed by atoms with Gasteiger partial charge >= 0.3 is 0 Å². The van der Waals surface area contributed by atoms with Gasteiger partial charge in [-0.2, -0.15) is 0 Å². The summed E-state index contributed by atoms with van der Waals surface area (Å²) in [5, 5.41) is 0. The molecule has 1 aliphatic rings. The third kappa shape index (κ3) is 2.93. The minimum absolute atomic E-state index is 0.0426. The first kappa shape index (κ1) is 14.5. The Hall–Kier alpha value is -2.43. The van der Waals surface area contributed by atoms with Crippen molar-refractivity contribution in [2.75, 3.05) is 13.3 Å². The second-order valence-corrected chi connectivity index (χ2v) is 5.74. The van der Waals surface area contributed by atoms with Gasteiger partial charge in [0.2, 0.25) is 6.79 Å². The number of furan rings is 1. The van der Waals surface area contributed by atoms with Crippen LogP contribution in [0.1, 0.15) is 29.8 Å². The number of benzene rings is 1. The number of ether oxygens (including phenoxy) is 2. The topological polar surface area (TPSA) is 51.9 Å². The van der Waals surface area contributed by atoms with E-state index >= 15 is 0 Å². The Morgan fingerprint density at radius 2 is 2.14 bits per heavy atom. The van der Waals surface area contributed by atoms with E-state index in [-0.39, 0.29) is 12.7 Å². The van der Waals surface area contributed by atoms with Gasteiger partial charge in [-0.3, -0.25) is 4.79 Å². The highest BCUT2D eigenvalue weighted by atomic mass is 16.7. The Bertz CT molecular complexity index is 649. The summed E-state index contributed by atoms with van der Waals surface area (Å²) >= 11 is 0. The van der Waals surface area contributed by atoms with Crippen LogP contribution in [0.3, 0.4) is 0 Å². The largest absolute Gasteiger partial charge is 0.472 e. The molecule has 3 rings (SSSR count). The molecule has 0 unspecified atom stereocenters. The lowest BCUT2D eigenvalue weighted by Crippen LogP contribution is -2.33. The van der Waals surface area contributed by atoms with Gasteiger partial charge in [-0.25, -0.2) is 0 Å². The van der Waals surface area contributed by atoms with E-state index < -0.39 is 0 Å². The molecule has 22 heavy (non-hydrogen) atoms. The number of hydrogen-bond donors (Lipinski definition) is 0. The predicted molar refractivity (Wildman–Crippen MR) is 80.9 cm³/mol. The first-order valence-electron chi connectivity index (χ1n) is 7.34. The zero-order valence-corrected chi connectivity index (χ0v) is 12.7. The molecule has 0 saturated heterocycles. The van der Waals surface area contributed by atoms with Crippen molar-refractivity contribution in [1.82, 2.24) is 4.90 Å². The van der Waals surface area contributed by atoms with Crippen molar-refractivity contribution in [3.8, 4) is 11.5 Å². The summed E-state index contributed by atoms with van der Waals surface area (Å²) in [5.74, 6) is 1.79. The summed E-state index contributed by atoms with van der Waals surface area (Å²) in [4.78, 5) is 14.5. The highest BCUT2D eigenvalue weighted by molar-refractivity contribution is 5.93. The van der Waals surface area contributed by atoms with Gasteiger partial charge in [0, 0.05) is 18.7 Å². The number of fused-ring (bicyclic) bond motifs is 1. The number of rotatable bonds is 5. The molecule has 0 aliphatic carbocycles. The average molecular weight is 301 g/mol. The second kappa shape index (κ2) is 6.13. The summed E-state index contributed by atoms with van der Waals surface area (Å²) in [7, 11) is 0. The van der Waals surface area contributed by atoms with Gasteiger partial charge in [0.25, 0.3) is 5.91 Å². The van der Waals surface area contributed by atoms with Crippen molar-refractivity contribution in [3.63, 3.8) is 0 Å². The fourth-order valence-electron chi connectivity index (χ4n) is 2.55. The molecule has 1 aromatic heterocycles. The number of amides is 1. The quantitative estimate of drug-likeness (QED) is 0.850. The van der Waals surface area contributed by atoms with Crippen molar-refractivity contribution < 1.29 is 18.7 Å². The molecular formula is C17H19NO4. The molecule has 0 saturated carbocycles. The average Bonchev–Trinajstić information content (AvgIpc) is 3.17. The maximum absolute atomic E-state index is 12.6. The number of nitrogens with zero attached hydrogens (tertiary/aromatic N) is 1. The third-order valence-electron chi connectivity index (χ3n) is 3.48. The molecule has 5 heteroatoms. The van der Waals surface area contributed by atoms with Crippen molar-refractivity contribution >= 4 is 5.91 Å². The van der Waals surface area contributed by atoms with E-state index in [0.717, 1.165) is 17.1 Å². The third-order valence-corrected chi connectivity index (χ3v) is 3.48. The van der Waals surface area contributed by atoms with Crippen LogP contribution in [0.15, 0.2) is 41.2 Å². The van der Waals surface area contributed by atoms with E-state index in [1.165, 1.54) is 12.5 Å². The monoisotopic (exact) mass is 301 g/mol. The standard InChI is InChI=1S/C17H19NO4/c1-12(2)8-18(17(19)14-6-7-20-10-14)9-13-4-3-5-15-16(13)22-11-21-15/h3-7,10,12H,8-9,11H2,1-2H3. The van der Waals surface area contributed by atoms with Gasteiger partial charge in [0.05, 0.1) is 11.8 Å². The smallest absolute Gasteiger partial charge is 0.257 e. The van der Waals surface area contributed by atoms with Gasteiger partial charge in [-0.1, -0.05) is 26.0 Å². The molecule has 0 atom stereocenters. The first-order chi connectivity index (χ1) is 10.6. The zero-order valence-electron chi connectivity index (χ0n) is 12.7. The van der Waals surface area contributed by atoms with Crippen molar-refractivity contribution in [2.45, 2.75) is 20.4 Å². The number of carbonyl (C=O) groups excluding carboxylic acids is 1. The molecule has 0 N–H and O–H groups in total. The summed E-state index contributed by atoms with van der Waals surface area (Å²) in [6, 6.07) is 7.43. The Morgan fingerprint density at radius 1 is 1.27 bits per heavy atom. The van der Waals surface area contributed by atoms with Gasteiger partial charge < -0.3 is 18.8 Å². The summed E-state index contributed by atoms with van der Waals surface area (Å²) < 4.78 is 15.9. The fraction of sp³-hybridized carbons (Fsp3) is 0.353. The van der Waals surface area contributed by atoms with Crippen LogP contribution in [0.25, 0.3) is 0 Å². The highest BCUT2D eigenvalue weighted by Gasteiger charge is 2.23. The maximum Gasteiger partial charge on any atom is 0.257 e. The van der Waals surface area contributed by atoms with Crippen LogP contribution in [-0.2, 0) is 6.54 Å². The molecule has 0 bridgehead atoms. The molecule has 2 aromatic rings. The molecule has 1 aromatic carbocycles. The Balaban J connectivity index is 1.84. The minimum Gasteiger partial charge on any atom is -0.472 e. The molecule has 1 amide bonds. The number of para-hydroxylation sites is 1. The van der Waals surface area contributed by atoms with Crippen LogP contribution in [0.5, 0.6) is 11.5 Å². The zero-order chi connectivity index (χ0) is 15.5. The SMILES string of the molecule is CC(C)CN(Cc1cccc2c1OCO2)C(=O)c1ccoc1. The van der Waals surface area contributed by atoms with Crippen molar-refractivity contribution in [2.24, 2.45) is 5.92 Å². The lowest BCUT2D eigenvalue weighted by molar-refractivity contribution is 0.0720. The summed E-state index contributed by atoms with van der Waals surface area (Å²) in [6.07, 6.45) is 2.99. The van der Waals surface area contributed by atoms with E-state index in [9.17, 15) is 4.79 Å². The molecule has 0 fully saturated rings. The fourth-order valence-corrected chi connectivity index (χ4v) is 2.55. The lowest BCUT2D eigenvalue weighted by atomic mass is 10.1. The van der Waals surface area contributed by atoms with Gasteiger partial charge in [0.1, 0.15) is 6.26 Å². The van der Waals surface area contributed by atoms with Crippen LogP contribution in [0.2, 0.25) is 0 Å². The van der Waals surface area contributed by atoms with Crippen LogP contribution < -0.4 is 9.47 Å². The van der Waals surface area contributed by atoms with E-state index in [1.807, 2.05) is 23.1 Å². The van der Waals surface area contributed by atoms with Crippen LogP contribution in [0, 0.1) is 5.92 Å². The van der Waals surface area contributed by atoms with Crippen LogP contribution >= 0.6 is 0 Å². The summed E-state index contributed by atoms with van der Waals surface area (Å²) in [5.41, 5.74) is 1.51. The van der Waals surface area contributed by atoms with Gasteiger partial charge in [0.15, 0.2) is 11.5 Å². The van der Waals surface area contributed by atoms with E-state index in [0.29, 0.717) is 24.6 Å². The Morgan fingerprint density at radius 3 is 2.86 bits per heavy atom. The number of hydrogen-bond acceptors (Lipinski definition) is 4. The van der Waals surface area contributed by atoms with Gasteiger partial charge in [-0.15, -0.1) is 0 Å².